The average Bonchev–Trinajstić information content (AvgIpc) is 3.50. The Morgan fingerprint density at radius 2 is 1.62 bits per heavy atom. The summed E-state index contributed by atoms with van der Waals surface area (Å²) in [5.74, 6) is 0.441. The number of benzene rings is 2. The van der Waals surface area contributed by atoms with Crippen LogP contribution in [0.5, 0.6) is 23.0 Å². The van der Waals surface area contributed by atoms with Crippen molar-refractivity contribution in [3.8, 4) is 23.0 Å². The Kier molecular flexibility index (Phi) is 11.0. The Hall–Kier alpha value is -4.48. The number of aromatic nitrogens is 1. The lowest BCUT2D eigenvalue weighted by atomic mass is 9.63. The number of aromatic amines is 1. The van der Waals surface area contributed by atoms with Crippen LogP contribution in [0.4, 0.5) is 0 Å². The molecular weight excluding hydrogens is 616 g/mol. The monoisotopic (exact) mass is 662 g/mol. The number of carbonyl (C=O) groups excluding carboxylic acids is 2. The fraction of sp³-hybridized carbons (Fsp3) is 0.459. The molecule has 0 amide bonds. The quantitative estimate of drug-likeness (QED) is 0.232. The van der Waals surface area contributed by atoms with E-state index in [1.165, 1.54) is 45.1 Å². The molecule has 11 nitrogen and oxygen atoms in total. The molecule has 11 heteroatoms. The molecule has 3 aromatic rings. The molecule has 1 saturated heterocycles. The lowest BCUT2D eigenvalue weighted by molar-refractivity contribution is -0.176. The Bertz CT molecular complexity index is 1620. The standard InChI is InChI=1S/C33H40N2O9.C4H6/c1-38-19-7-8-20-21-9-10-35-16-18-13-27(44-32(36)17-11-25(39-2)30(41-4)26(12-17)40-3)31(42-5)28(33(37)43-6)22(18)15-24(35)29(21)34-23(20)14-19;1-3-4-2/h7-8,11-12,14,18,22,24,27-28,31,34H,9-10,13,15-16H2,1-6H3;3-4H,1-2H2/t18-,22+,24-,27-,28+,31+;/m1./s1. The first-order valence-electron chi connectivity index (χ1n) is 16.0. The van der Waals surface area contributed by atoms with Crippen molar-refractivity contribution in [2.75, 3.05) is 55.7 Å². The van der Waals surface area contributed by atoms with E-state index in [9.17, 15) is 9.59 Å². The normalized spacial score (nSPS) is 24.4. The third-order valence-corrected chi connectivity index (χ3v) is 9.93. The summed E-state index contributed by atoms with van der Waals surface area (Å²) in [6.07, 6.45) is 4.20. The van der Waals surface area contributed by atoms with Gasteiger partial charge < -0.3 is 38.1 Å². The van der Waals surface area contributed by atoms with Crippen LogP contribution in [-0.2, 0) is 25.4 Å². The maximum Gasteiger partial charge on any atom is 0.338 e. The van der Waals surface area contributed by atoms with Gasteiger partial charge in [0.05, 0.1) is 53.1 Å². The van der Waals surface area contributed by atoms with Gasteiger partial charge in [-0.05, 0) is 60.9 Å². The van der Waals surface area contributed by atoms with Gasteiger partial charge in [-0.3, -0.25) is 9.69 Å². The number of ether oxygens (including phenoxy) is 7. The van der Waals surface area contributed by atoms with Crippen LogP contribution in [0, 0.1) is 17.8 Å². The molecule has 3 heterocycles. The fourth-order valence-electron chi connectivity index (χ4n) is 7.76. The van der Waals surface area contributed by atoms with E-state index >= 15 is 0 Å². The SMILES string of the molecule is C=CC=C.COC(=O)[C@H]1[C@H]2C[C@@H]3c4[nH]c5cc(OC)ccc5c4CCN3C[C@H]2C[C@@H](OC(=O)c2cc(OC)c(OC)c(OC)c2)[C@@H]1OC. The number of methoxy groups -OCH3 is 6. The van der Waals surface area contributed by atoms with E-state index in [1.54, 1.807) is 38.5 Å². The van der Waals surface area contributed by atoms with E-state index in [1.807, 2.05) is 12.1 Å². The molecule has 1 saturated carbocycles. The number of H-pyrrole nitrogens is 1. The number of rotatable bonds is 9. The fourth-order valence-corrected chi connectivity index (χ4v) is 7.76. The van der Waals surface area contributed by atoms with E-state index in [0.29, 0.717) is 23.7 Å². The molecule has 6 atom stereocenters. The summed E-state index contributed by atoms with van der Waals surface area (Å²) >= 11 is 0. The summed E-state index contributed by atoms with van der Waals surface area (Å²) in [5.41, 5.74) is 3.83. The Morgan fingerprint density at radius 1 is 0.917 bits per heavy atom. The van der Waals surface area contributed by atoms with E-state index in [-0.39, 0.29) is 29.4 Å². The molecule has 0 unspecified atom stereocenters. The molecule has 2 aliphatic heterocycles. The summed E-state index contributed by atoms with van der Waals surface area (Å²) in [4.78, 5) is 33.1. The van der Waals surface area contributed by atoms with Gasteiger partial charge in [-0.25, -0.2) is 4.79 Å². The minimum atomic E-state index is -0.670. The topological polar surface area (TPSA) is 118 Å². The van der Waals surface area contributed by atoms with Crippen molar-refractivity contribution in [3.63, 3.8) is 0 Å². The number of esters is 2. The predicted octanol–water partition coefficient (Wildman–Crippen LogP) is 5.53. The van der Waals surface area contributed by atoms with Crippen LogP contribution in [0.25, 0.3) is 10.9 Å². The second-order valence-corrected chi connectivity index (χ2v) is 12.2. The van der Waals surface area contributed by atoms with Gasteiger partial charge in [-0.1, -0.05) is 25.3 Å². The number of carbonyl (C=O) groups is 2. The van der Waals surface area contributed by atoms with Crippen LogP contribution < -0.4 is 18.9 Å². The smallest absolute Gasteiger partial charge is 0.338 e. The zero-order chi connectivity index (χ0) is 34.5. The van der Waals surface area contributed by atoms with E-state index in [2.05, 4.69) is 29.1 Å². The molecule has 1 aliphatic carbocycles. The highest BCUT2D eigenvalue weighted by molar-refractivity contribution is 5.91. The van der Waals surface area contributed by atoms with E-state index in [4.69, 9.17) is 33.2 Å². The molecule has 1 aromatic heterocycles. The van der Waals surface area contributed by atoms with Crippen molar-refractivity contribution in [1.82, 2.24) is 9.88 Å². The molecule has 258 valence electrons. The average molecular weight is 663 g/mol. The maximum atomic E-state index is 13.5. The second-order valence-electron chi connectivity index (χ2n) is 12.2. The number of hydrogen-bond donors (Lipinski definition) is 1. The molecule has 0 spiro atoms. The first kappa shape index (κ1) is 34.8. The molecule has 2 fully saturated rings. The van der Waals surface area contributed by atoms with Gasteiger partial charge >= 0.3 is 11.9 Å². The summed E-state index contributed by atoms with van der Waals surface area (Å²) < 4.78 is 39.1. The van der Waals surface area contributed by atoms with Crippen molar-refractivity contribution in [1.29, 1.82) is 0 Å². The highest BCUT2D eigenvalue weighted by Crippen LogP contribution is 2.51. The number of nitrogens with one attached hydrogen (secondary N) is 1. The second kappa shape index (κ2) is 15.2. The minimum Gasteiger partial charge on any atom is -0.497 e. The number of fused-ring (bicyclic) bond motifs is 6. The number of piperidine rings is 1. The third-order valence-electron chi connectivity index (χ3n) is 9.93. The van der Waals surface area contributed by atoms with Gasteiger partial charge in [-0.2, -0.15) is 0 Å². The highest BCUT2D eigenvalue weighted by Gasteiger charge is 2.54. The summed E-state index contributed by atoms with van der Waals surface area (Å²) in [7, 11) is 9.10. The van der Waals surface area contributed by atoms with Crippen LogP contribution in [0.3, 0.4) is 0 Å². The van der Waals surface area contributed by atoms with Gasteiger partial charge in [0, 0.05) is 42.9 Å². The molecule has 0 radical (unpaired) electrons. The van der Waals surface area contributed by atoms with Crippen LogP contribution in [-0.4, -0.2) is 89.8 Å². The van der Waals surface area contributed by atoms with Crippen molar-refractivity contribution in [3.05, 3.63) is 72.5 Å². The van der Waals surface area contributed by atoms with Gasteiger partial charge in [0.15, 0.2) is 11.5 Å². The number of hydrogen-bond acceptors (Lipinski definition) is 10. The number of nitrogens with zero attached hydrogens (tertiary/aromatic N) is 1. The first-order valence-corrected chi connectivity index (χ1v) is 16.0. The molecule has 3 aliphatic rings. The largest absolute Gasteiger partial charge is 0.497 e. The first-order chi connectivity index (χ1) is 23.3. The van der Waals surface area contributed by atoms with Crippen LogP contribution >= 0.6 is 0 Å². The summed E-state index contributed by atoms with van der Waals surface area (Å²) in [6, 6.07) is 9.40. The van der Waals surface area contributed by atoms with Crippen LogP contribution in [0.15, 0.2) is 55.6 Å². The zero-order valence-corrected chi connectivity index (χ0v) is 28.6. The maximum absolute atomic E-state index is 13.5. The van der Waals surface area contributed by atoms with Crippen molar-refractivity contribution in [2.24, 2.45) is 17.8 Å². The number of allylic oxidation sites excluding steroid dienone is 2. The lowest BCUT2D eigenvalue weighted by Gasteiger charge is -2.52. The van der Waals surface area contributed by atoms with Crippen molar-refractivity contribution in [2.45, 2.75) is 37.5 Å². The van der Waals surface area contributed by atoms with E-state index in [0.717, 1.165) is 37.2 Å². The molecule has 0 bridgehead atoms. The molecule has 2 aromatic carbocycles. The van der Waals surface area contributed by atoms with Crippen molar-refractivity contribution < 1.29 is 42.7 Å². The minimum absolute atomic E-state index is 0.0170. The van der Waals surface area contributed by atoms with Gasteiger partial charge in [-0.15, -0.1) is 0 Å². The zero-order valence-electron chi connectivity index (χ0n) is 28.6. The highest BCUT2D eigenvalue weighted by atomic mass is 16.6. The summed E-state index contributed by atoms with van der Waals surface area (Å²) in [5, 5.41) is 1.21. The Labute approximate surface area is 281 Å². The van der Waals surface area contributed by atoms with E-state index < -0.39 is 24.1 Å². The van der Waals surface area contributed by atoms with Crippen LogP contribution in [0.2, 0.25) is 0 Å². The third kappa shape index (κ3) is 6.49. The molecule has 48 heavy (non-hydrogen) atoms. The molecule has 1 N–H and O–H groups in total. The predicted molar refractivity (Wildman–Crippen MR) is 181 cm³/mol. The van der Waals surface area contributed by atoms with Gasteiger partial charge in [0.2, 0.25) is 5.75 Å². The molecule has 6 rings (SSSR count). The Morgan fingerprint density at radius 3 is 2.21 bits per heavy atom. The molecular formula is C37H46N2O9. The van der Waals surface area contributed by atoms with Crippen LogP contribution in [0.1, 0.15) is 40.5 Å². The Balaban J connectivity index is 0.00000107. The van der Waals surface area contributed by atoms with Gasteiger partial charge in [0.25, 0.3) is 0 Å². The van der Waals surface area contributed by atoms with Crippen molar-refractivity contribution >= 4 is 22.8 Å². The van der Waals surface area contributed by atoms with Gasteiger partial charge in [0.1, 0.15) is 18.0 Å². The lowest BCUT2D eigenvalue weighted by Crippen LogP contribution is -2.58. The summed E-state index contributed by atoms with van der Waals surface area (Å²) in [6.45, 7) is 8.40.